The minimum atomic E-state index is -1.42. The van der Waals surface area contributed by atoms with Crippen LogP contribution in [0.25, 0.3) is 77.0 Å². The molecule has 0 fully saturated rings. The molecule has 0 bridgehead atoms. The minimum Gasteiger partial charge on any atom is -0.508 e. The number of hydrogen-bond donors (Lipinski definition) is 18. The van der Waals surface area contributed by atoms with Gasteiger partial charge in [0.1, 0.15) is 70.9 Å². The average molecular weight is 1830 g/mol. The minimum absolute atomic E-state index is 0.0102. The van der Waals surface area contributed by atoms with Crippen molar-refractivity contribution in [3.8, 4) is 39.7 Å². The molecule has 7 atom stereocenters. The maximum absolute atomic E-state index is 15.3. The number of hydrogen-bond acceptors (Lipinski definition) is 23. The Morgan fingerprint density at radius 1 is 0.442 bits per heavy atom. The van der Waals surface area contributed by atoms with E-state index in [0.29, 0.717) is 162 Å². The number of phenols is 1. The van der Waals surface area contributed by atoms with Gasteiger partial charge in [-0.25, -0.2) is 14.8 Å². The van der Waals surface area contributed by atoms with Gasteiger partial charge in [0, 0.05) is 92.5 Å². The first-order valence-electron chi connectivity index (χ1n) is 43.6. The number of halogens is 2. The SMILES string of the molecule is COc1ccc2nc3cc(Cl)ccc3c(NCCCC[C@H](NC(=O)[C@H](CCCCN)NC(=O)[C@H](CCCCN)NC(=O)[C@H](CCCCNC(=S)Nc3ccc(-c4c5ccc(=O)cc-5oc5cc(O)ccc45)c(C(=O)O)c3)NC(=O)[C@H](CCCCN)NC(=O)[C@H](CCCCN)NC(=O)[C@H](CCCCNc3c4ccc(Cl)cc4nc4ccc(OC)cc34)NC(C)=O)C(N)=O)c2c1. The molecule has 2 aromatic heterocycles. The Morgan fingerprint density at radius 3 is 1.26 bits per heavy atom. The fraction of sp³-hybridized carbons (Fsp3) is 0.409. The summed E-state index contributed by atoms with van der Waals surface area (Å²) in [6, 6.07) is 26.3. The van der Waals surface area contributed by atoms with E-state index in [0.717, 1.165) is 32.9 Å². The lowest BCUT2D eigenvalue weighted by molar-refractivity contribution is -0.136. The number of nitrogens with two attached hydrogens (primary N) is 5. The molecule has 33 nitrogen and oxygen atoms in total. The molecule has 36 heteroatoms. The number of nitrogens with zero attached hydrogens (tertiary/aromatic N) is 2. The summed E-state index contributed by atoms with van der Waals surface area (Å²) >= 11 is 18.5. The van der Waals surface area contributed by atoms with Crippen LogP contribution < -0.4 is 102 Å². The summed E-state index contributed by atoms with van der Waals surface area (Å²) in [4.78, 5) is 151. The number of pyridine rings is 2. The highest BCUT2D eigenvalue weighted by molar-refractivity contribution is 7.80. The maximum Gasteiger partial charge on any atom is 0.336 e. The van der Waals surface area contributed by atoms with E-state index in [1.165, 1.54) is 37.3 Å². The lowest BCUT2D eigenvalue weighted by Gasteiger charge is -2.28. The molecule has 0 unspecified atom stereocenters. The number of carbonyl (C=O) groups is 9. The standard InChI is InChI=1S/C93H116Cl2N18O15S/c1-53(114)104-72(23-9-16-44-102-84-63-33-26-55(95)47-79(63)107-70-38-31-60(127-3)52-68(70)84)86(118)109-74(20-5-12-40-97)88(120)111-76(22-7-14-42-99)90(122)113-77(24-10-17-45-103-93(129)105-56-27-34-61(66(48-56)92(124)125)82-64-35-28-57(115)49-80(64)128-81-50-58(116)29-36-65(81)82)91(123)112-75(21-6-13-41-98)89(121)110-73(19-4-11-39-96)87(119)108-71(85(100)117)18-8-15-43-101-83-62-32-25-54(94)46-78(62)106-69-37-30-59(126-2)51-67(69)83/h25-38,46-52,71-77,115H,4-24,39-45,96-99H2,1-3H3,(H2,100,117)(H,101,106)(H,102,107)(H,104,114)(H,108,119)(H,109,118)(H,110,121)(H,111,120)(H,112,123)(H,113,122)(H,124,125)(H2,103,105,129)/t71-,72-,73-,74-,75-,76-,77-/m0/s1. The number of phenolic OH excluding ortho intramolecular Hbond substituents is 1. The Kier molecular flexibility index (Phi) is 37.8. The second-order valence-electron chi connectivity index (χ2n) is 31.8. The number of ether oxygens (including phenoxy) is 2. The molecule has 6 aromatic carbocycles. The molecular formula is C93H116Cl2N18O15S. The molecule has 8 aromatic rings. The largest absolute Gasteiger partial charge is 0.508 e. The zero-order valence-corrected chi connectivity index (χ0v) is 74.9. The van der Waals surface area contributed by atoms with Gasteiger partial charge in [0.15, 0.2) is 10.5 Å². The number of carboxylic acid groups (broad SMARTS) is 1. The molecule has 1 aliphatic heterocycles. The van der Waals surface area contributed by atoms with Crippen molar-refractivity contribution in [2.75, 3.05) is 76.0 Å². The number of nitrogens with one attached hydrogen (secondary N) is 11. The fourth-order valence-electron chi connectivity index (χ4n) is 15.6. The third-order valence-electron chi connectivity index (χ3n) is 22.3. The van der Waals surface area contributed by atoms with Crippen molar-refractivity contribution in [1.82, 2.24) is 52.5 Å². The number of aromatic carboxylic acids is 1. The Balaban J connectivity index is 0.849. The van der Waals surface area contributed by atoms with Crippen molar-refractivity contribution in [3.63, 3.8) is 0 Å². The van der Waals surface area contributed by atoms with Crippen LogP contribution in [-0.4, -0.2) is 181 Å². The van der Waals surface area contributed by atoms with Crippen molar-refractivity contribution in [2.24, 2.45) is 28.7 Å². The molecular weight excluding hydrogens is 1710 g/mol. The first-order valence-corrected chi connectivity index (χ1v) is 44.8. The van der Waals surface area contributed by atoms with Crippen LogP contribution in [-0.2, 0) is 38.4 Å². The third kappa shape index (κ3) is 28.1. The van der Waals surface area contributed by atoms with Gasteiger partial charge in [-0.15, -0.1) is 0 Å². The first kappa shape index (κ1) is 98.9. The Labute approximate surface area is 762 Å². The summed E-state index contributed by atoms with van der Waals surface area (Å²) in [7, 11) is 3.16. The van der Waals surface area contributed by atoms with Crippen molar-refractivity contribution in [1.29, 1.82) is 0 Å². The lowest BCUT2D eigenvalue weighted by Crippen LogP contribution is -2.60. The van der Waals surface area contributed by atoms with Crippen molar-refractivity contribution in [2.45, 2.75) is 184 Å². The van der Waals surface area contributed by atoms with E-state index in [1.54, 1.807) is 62.8 Å². The average Bonchev–Trinajstić information content (AvgIpc) is 0.729. The molecule has 1 aliphatic carbocycles. The van der Waals surface area contributed by atoms with Crippen LogP contribution in [0.1, 0.15) is 152 Å². The predicted molar refractivity (Wildman–Crippen MR) is 508 cm³/mol. The fourth-order valence-corrected chi connectivity index (χ4v) is 16.1. The summed E-state index contributed by atoms with van der Waals surface area (Å²) in [6.45, 7) is 3.31. The Morgan fingerprint density at radius 2 is 0.845 bits per heavy atom. The number of aromatic nitrogens is 2. The summed E-state index contributed by atoms with van der Waals surface area (Å²) in [5.41, 5.74) is 35.5. The van der Waals surface area contributed by atoms with Gasteiger partial charge in [0.05, 0.1) is 53.2 Å². The van der Waals surface area contributed by atoms with E-state index < -0.39 is 95.5 Å². The van der Waals surface area contributed by atoms with Crippen LogP contribution in [0.3, 0.4) is 0 Å². The normalized spacial score (nSPS) is 13.0. The third-order valence-corrected chi connectivity index (χ3v) is 23.0. The highest BCUT2D eigenvalue weighted by Crippen LogP contribution is 2.43. The molecule has 23 N–H and O–H groups in total. The van der Waals surface area contributed by atoms with E-state index in [9.17, 15) is 48.6 Å². The van der Waals surface area contributed by atoms with Crippen LogP contribution in [0.15, 0.2) is 137 Å². The van der Waals surface area contributed by atoms with Crippen molar-refractivity contribution >= 4 is 165 Å². The van der Waals surface area contributed by atoms with Crippen LogP contribution >= 0.6 is 35.4 Å². The van der Waals surface area contributed by atoms with Crippen LogP contribution in [0, 0.1) is 0 Å². The number of rotatable bonds is 52. The maximum atomic E-state index is 15.3. The number of unbranched alkanes of at least 4 members (excludes halogenated alkanes) is 7. The topological polar surface area (TPSA) is 531 Å². The number of anilines is 3. The summed E-state index contributed by atoms with van der Waals surface area (Å²) < 4.78 is 17.1. The molecule has 0 radical (unpaired) electrons. The molecule has 10 rings (SSSR count). The summed E-state index contributed by atoms with van der Waals surface area (Å²) in [5.74, 6) is -5.75. The lowest BCUT2D eigenvalue weighted by atomic mass is 9.90. The van der Waals surface area contributed by atoms with Gasteiger partial charge in [0.25, 0.3) is 0 Å². The second kappa shape index (κ2) is 49.3. The van der Waals surface area contributed by atoms with Gasteiger partial charge in [-0.05, 0) is 288 Å². The van der Waals surface area contributed by atoms with Gasteiger partial charge in [-0.3, -0.25) is 43.2 Å². The van der Waals surface area contributed by atoms with Gasteiger partial charge in [-0.1, -0.05) is 29.3 Å². The molecule has 0 saturated heterocycles. The number of carboxylic acids is 1. The number of thiocarbonyl (C=S) groups is 1. The highest BCUT2D eigenvalue weighted by atomic mass is 35.5. The molecule has 0 saturated carbocycles. The highest BCUT2D eigenvalue weighted by Gasteiger charge is 2.35. The van der Waals surface area contributed by atoms with Gasteiger partial charge >= 0.3 is 5.97 Å². The van der Waals surface area contributed by atoms with Gasteiger partial charge in [-0.2, -0.15) is 0 Å². The van der Waals surface area contributed by atoms with Crippen molar-refractivity contribution in [3.05, 3.63) is 153 Å². The van der Waals surface area contributed by atoms with E-state index >= 15 is 9.59 Å². The second-order valence-corrected chi connectivity index (χ2v) is 33.1. The number of fused-ring (bicyclic) bond motifs is 6. The number of primary amides is 1. The summed E-state index contributed by atoms with van der Waals surface area (Å²) in [6.07, 6.45) is 5.95. The Bertz CT molecular complexity index is 5670. The monoisotopic (exact) mass is 1830 g/mol. The number of aromatic hydroxyl groups is 1. The van der Waals surface area contributed by atoms with Crippen LogP contribution in [0.2, 0.25) is 10.0 Å². The molecule has 8 amide bonds. The zero-order valence-electron chi connectivity index (χ0n) is 72.6. The smallest absolute Gasteiger partial charge is 0.336 e. The molecule has 688 valence electrons. The van der Waals surface area contributed by atoms with Crippen LogP contribution in [0.4, 0.5) is 17.1 Å². The number of carbonyl (C=O) groups excluding carboxylic acids is 8. The number of benzene rings is 7. The van der Waals surface area contributed by atoms with E-state index in [2.05, 4.69) is 58.5 Å². The van der Waals surface area contributed by atoms with Crippen molar-refractivity contribution < 1.29 is 67.3 Å². The Hall–Kier alpha value is -12.3. The van der Waals surface area contributed by atoms with E-state index in [1.807, 2.05) is 48.5 Å². The van der Waals surface area contributed by atoms with E-state index in [-0.39, 0.29) is 123 Å². The number of methoxy groups -OCH3 is 2. The molecule has 2 aliphatic rings. The summed E-state index contributed by atoms with van der Waals surface area (Å²) in [5, 5.41) is 59.0. The molecule has 3 heterocycles. The zero-order chi connectivity index (χ0) is 92.6. The van der Waals surface area contributed by atoms with E-state index in [4.69, 9.17) is 87.9 Å². The van der Waals surface area contributed by atoms with Crippen LogP contribution in [0.5, 0.6) is 17.2 Å². The first-order chi connectivity index (χ1) is 62.2. The van der Waals surface area contributed by atoms with Gasteiger partial charge < -0.3 is 111 Å². The quantitative estimate of drug-likeness (QED) is 0.00957. The number of amides is 8. The molecule has 129 heavy (non-hydrogen) atoms. The molecule has 0 spiro atoms. The predicted octanol–water partition coefficient (Wildman–Crippen LogP) is 10.1. The van der Waals surface area contributed by atoms with Gasteiger partial charge in [0.2, 0.25) is 47.3 Å².